The summed E-state index contributed by atoms with van der Waals surface area (Å²) in [6.07, 6.45) is 2.33. The van der Waals surface area contributed by atoms with Crippen molar-refractivity contribution >= 4 is 34.6 Å². The third-order valence-electron chi connectivity index (χ3n) is 5.55. The Bertz CT molecular complexity index is 811. The van der Waals surface area contributed by atoms with E-state index in [1.54, 1.807) is 7.11 Å². The van der Waals surface area contributed by atoms with Crippen LogP contribution in [0.15, 0.2) is 42.5 Å². The van der Waals surface area contributed by atoms with Crippen LogP contribution in [0.5, 0.6) is 5.75 Å². The van der Waals surface area contributed by atoms with Gasteiger partial charge >= 0.3 is 0 Å². The van der Waals surface area contributed by atoms with Crippen LogP contribution in [0.25, 0.3) is 0 Å². The molecule has 0 saturated carbocycles. The molecule has 6 heteroatoms. The number of nitrogens with one attached hydrogen (secondary N) is 1. The van der Waals surface area contributed by atoms with Crippen molar-refractivity contribution in [3.8, 4) is 5.75 Å². The van der Waals surface area contributed by atoms with Gasteiger partial charge in [-0.25, -0.2) is 0 Å². The Kier molecular flexibility index (Phi) is 5.53. The van der Waals surface area contributed by atoms with Crippen LogP contribution in [0.2, 0.25) is 5.02 Å². The van der Waals surface area contributed by atoms with Crippen LogP contribution in [0.3, 0.4) is 0 Å². The van der Waals surface area contributed by atoms with E-state index in [0.717, 1.165) is 42.7 Å². The average Bonchev–Trinajstić information content (AvgIpc) is 3.12. The minimum absolute atomic E-state index is 0.624. The number of halogens is 1. The third-order valence-corrected chi connectivity index (χ3v) is 6.15. The fourth-order valence-corrected chi connectivity index (χ4v) is 4.52. The van der Waals surface area contributed by atoms with Gasteiger partial charge in [-0.15, -0.1) is 0 Å². The van der Waals surface area contributed by atoms with Crippen LogP contribution in [0.1, 0.15) is 11.1 Å². The highest BCUT2D eigenvalue weighted by atomic mass is 35.5. The van der Waals surface area contributed by atoms with E-state index in [4.69, 9.17) is 28.6 Å². The molecular weight excluding hydrogens is 378 g/mol. The summed E-state index contributed by atoms with van der Waals surface area (Å²) in [5, 5.41) is 4.69. The average molecular weight is 402 g/mol. The quantitative estimate of drug-likeness (QED) is 0.789. The molecule has 2 aromatic carbocycles. The van der Waals surface area contributed by atoms with Gasteiger partial charge in [-0.2, -0.15) is 0 Å². The van der Waals surface area contributed by atoms with Crippen molar-refractivity contribution in [2.75, 3.05) is 38.6 Å². The lowest BCUT2D eigenvalue weighted by atomic mass is 10.1. The summed E-state index contributed by atoms with van der Waals surface area (Å²) in [4.78, 5) is 4.84. The van der Waals surface area contributed by atoms with Gasteiger partial charge in [0, 0.05) is 37.2 Å². The summed E-state index contributed by atoms with van der Waals surface area (Å²) in [6.45, 7) is 3.93. The van der Waals surface area contributed by atoms with Gasteiger partial charge in [-0.3, -0.25) is 4.90 Å². The highest BCUT2D eigenvalue weighted by molar-refractivity contribution is 7.80. The molecule has 0 amide bonds. The summed E-state index contributed by atoms with van der Waals surface area (Å²) in [5.41, 5.74) is 3.83. The molecule has 1 N–H and O–H groups in total. The lowest BCUT2D eigenvalue weighted by molar-refractivity contribution is 0.137. The lowest BCUT2D eigenvalue weighted by Crippen LogP contribution is -2.53. The lowest BCUT2D eigenvalue weighted by Gasteiger charge is -2.39. The monoisotopic (exact) mass is 401 g/mol. The number of anilines is 1. The molecule has 1 saturated heterocycles. The number of fused-ring (bicyclic) bond motifs is 1. The fraction of sp³-hybridized carbons (Fsp3) is 0.381. The number of nitrogens with zero attached hydrogens (tertiary/aromatic N) is 2. The van der Waals surface area contributed by atoms with Crippen molar-refractivity contribution in [2.45, 2.75) is 18.9 Å². The molecule has 0 atom stereocenters. The zero-order valence-corrected chi connectivity index (χ0v) is 17.0. The number of ether oxygens (including phenoxy) is 1. The minimum atomic E-state index is 0.624. The minimum Gasteiger partial charge on any atom is -0.495 e. The zero-order valence-electron chi connectivity index (χ0n) is 15.5. The van der Waals surface area contributed by atoms with Gasteiger partial charge < -0.3 is 15.0 Å². The number of hydrogen-bond acceptors (Lipinski definition) is 3. The number of piperazine rings is 1. The number of methoxy groups -OCH3 is 1. The Labute approximate surface area is 171 Å². The van der Waals surface area contributed by atoms with Gasteiger partial charge in [-0.1, -0.05) is 35.9 Å². The van der Waals surface area contributed by atoms with E-state index in [1.165, 1.54) is 24.0 Å². The number of rotatable bonds is 3. The number of thiocarbonyl (C=S) groups is 1. The summed E-state index contributed by atoms with van der Waals surface area (Å²) < 4.78 is 5.40. The molecule has 1 aliphatic carbocycles. The molecule has 4 rings (SSSR count). The first kappa shape index (κ1) is 18.5. The first-order chi connectivity index (χ1) is 13.1. The van der Waals surface area contributed by atoms with Crippen molar-refractivity contribution in [1.29, 1.82) is 0 Å². The van der Waals surface area contributed by atoms with Gasteiger partial charge in [0.1, 0.15) is 5.75 Å². The summed E-state index contributed by atoms with van der Waals surface area (Å²) >= 11 is 11.7. The molecule has 4 nitrogen and oxygen atoms in total. The Balaban J connectivity index is 1.33. The van der Waals surface area contributed by atoms with Crippen molar-refractivity contribution in [2.24, 2.45) is 0 Å². The van der Waals surface area contributed by atoms with Crippen LogP contribution < -0.4 is 10.1 Å². The zero-order chi connectivity index (χ0) is 18.8. The largest absolute Gasteiger partial charge is 0.495 e. The summed E-state index contributed by atoms with van der Waals surface area (Å²) in [6, 6.07) is 15.0. The van der Waals surface area contributed by atoms with Gasteiger partial charge in [-0.05, 0) is 54.4 Å². The molecule has 1 fully saturated rings. The smallest absolute Gasteiger partial charge is 0.173 e. The molecule has 0 aromatic heterocycles. The highest BCUT2D eigenvalue weighted by Gasteiger charge is 2.29. The van der Waals surface area contributed by atoms with Crippen LogP contribution in [0, 0.1) is 0 Å². The summed E-state index contributed by atoms with van der Waals surface area (Å²) in [5.74, 6) is 0.740. The Morgan fingerprint density at radius 2 is 1.74 bits per heavy atom. The standard InChI is InChI=1S/C21H24ClN3OS/c1-26-20-7-6-17(22)14-19(20)23-21(27)25-10-8-24(9-11-25)18-12-15-4-2-3-5-16(15)13-18/h2-7,14,18H,8-13H2,1H3,(H,23,27). The Hall–Kier alpha value is -1.82. The molecule has 2 aromatic rings. The SMILES string of the molecule is COc1ccc(Cl)cc1NC(=S)N1CCN(C2Cc3ccccc3C2)CC1. The predicted molar refractivity (Wildman–Crippen MR) is 115 cm³/mol. The maximum Gasteiger partial charge on any atom is 0.173 e. The first-order valence-corrected chi connectivity index (χ1v) is 10.1. The van der Waals surface area contributed by atoms with Gasteiger partial charge in [0.05, 0.1) is 12.8 Å². The molecule has 27 heavy (non-hydrogen) atoms. The van der Waals surface area contributed by atoms with E-state index in [9.17, 15) is 0 Å². The Morgan fingerprint density at radius 1 is 1.07 bits per heavy atom. The predicted octanol–water partition coefficient (Wildman–Crippen LogP) is 3.83. The van der Waals surface area contributed by atoms with E-state index in [-0.39, 0.29) is 0 Å². The third kappa shape index (κ3) is 4.05. The van der Waals surface area contributed by atoms with E-state index in [2.05, 4.69) is 39.4 Å². The van der Waals surface area contributed by atoms with E-state index in [1.807, 2.05) is 18.2 Å². The molecule has 0 radical (unpaired) electrons. The maximum atomic E-state index is 6.11. The first-order valence-electron chi connectivity index (χ1n) is 9.34. The van der Waals surface area contributed by atoms with Crippen molar-refractivity contribution in [1.82, 2.24) is 9.80 Å². The summed E-state index contributed by atoms with van der Waals surface area (Å²) in [7, 11) is 1.65. The van der Waals surface area contributed by atoms with Crippen molar-refractivity contribution in [3.05, 3.63) is 58.6 Å². The molecule has 0 spiro atoms. The van der Waals surface area contributed by atoms with E-state index < -0.39 is 0 Å². The van der Waals surface area contributed by atoms with E-state index in [0.29, 0.717) is 11.1 Å². The van der Waals surface area contributed by atoms with Gasteiger partial charge in [0.15, 0.2) is 5.11 Å². The molecule has 0 unspecified atom stereocenters. The van der Waals surface area contributed by atoms with Crippen LogP contribution in [0.4, 0.5) is 5.69 Å². The second-order valence-corrected chi connectivity index (χ2v) is 7.95. The van der Waals surface area contributed by atoms with Crippen LogP contribution >= 0.6 is 23.8 Å². The normalized spacial score (nSPS) is 17.6. The van der Waals surface area contributed by atoms with Gasteiger partial charge in [0.25, 0.3) is 0 Å². The number of hydrogen-bond donors (Lipinski definition) is 1. The fourth-order valence-electron chi connectivity index (χ4n) is 4.06. The molecule has 2 aliphatic rings. The highest BCUT2D eigenvalue weighted by Crippen LogP contribution is 2.29. The van der Waals surface area contributed by atoms with Crippen molar-refractivity contribution in [3.63, 3.8) is 0 Å². The molecular formula is C21H24ClN3OS. The van der Waals surface area contributed by atoms with E-state index >= 15 is 0 Å². The second-order valence-electron chi connectivity index (χ2n) is 7.13. The molecule has 1 aliphatic heterocycles. The number of benzene rings is 2. The topological polar surface area (TPSA) is 27.7 Å². The Morgan fingerprint density at radius 3 is 2.37 bits per heavy atom. The second kappa shape index (κ2) is 8.05. The van der Waals surface area contributed by atoms with Crippen LogP contribution in [-0.4, -0.2) is 54.2 Å². The maximum absolute atomic E-state index is 6.11. The van der Waals surface area contributed by atoms with Gasteiger partial charge in [0.2, 0.25) is 0 Å². The van der Waals surface area contributed by atoms with Crippen molar-refractivity contribution < 1.29 is 4.74 Å². The molecule has 1 heterocycles. The van der Waals surface area contributed by atoms with Crippen LogP contribution in [-0.2, 0) is 12.8 Å². The molecule has 0 bridgehead atoms. The molecule has 142 valence electrons.